The summed E-state index contributed by atoms with van der Waals surface area (Å²) in [5.41, 5.74) is 27.1. The van der Waals surface area contributed by atoms with Crippen LogP contribution in [-0.4, -0.2) is 15.0 Å². The zero-order chi connectivity index (χ0) is 65.0. The first-order valence-electron chi connectivity index (χ1n) is 32.4. The Bertz CT molecular complexity index is 4690. The van der Waals surface area contributed by atoms with Crippen molar-refractivity contribution in [3.63, 3.8) is 0 Å². The summed E-state index contributed by atoms with van der Waals surface area (Å²) in [4.78, 5) is 17.5. The summed E-state index contributed by atoms with van der Waals surface area (Å²) in [6, 6.07) is 126. The van der Waals surface area contributed by atoms with Crippen molar-refractivity contribution in [3.8, 4) is 136 Å². The van der Waals surface area contributed by atoms with Gasteiger partial charge in [0, 0.05) is 83.8 Å². The average Bonchev–Trinajstić information content (AvgIpc) is 0.859. The van der Waals surface area contributed by atoms with Crippen LogP contribution in [0.25, 0.3) is 101 Å². The van der Waals surface area contributed by atoms with Crippen molar-refractivity contribution >= 4 is 17.1 Å². The van der Waals surface area contributed by atoms with Crippen LogP contribution in [0.2, 0.25) is 0 Å². The van der Waals surface area contributed by atoms with Gasteiger partial charge in [0.15, 0.2) is 0 Å². The lowest BCUT2D eigenvalue weighted by Gasteiger charge is -2.25. The minimum atomic E-state index is 0.906. The largest absolute Gasteiger partial charge is 0.311 e. The van der Waals surface area contributed by atoms with Crippen molar-refractivity contribution in [3.05, 3.63) is 397 Å². The van der Waals surface area contributed by atoms with Crippen molar-refractivity contribution in [2.45, 2.75) is 0 Å². The number of rotatable bonds is 12. The molecule has 0 saturated carbocycles. The van der Waals surface area contributed by atoms with Gasteiger partial charge in [0.2, 0.25) is 0 Å². The van der Waals surface area contributed by atoms with Crippen LogP contribution in [0, 0.1) is 35.5 Å². The molecule has 97 heavy (non-hydrogen) atoms. The van der Waals surface area contributed by atoms with Crippen LogP contribution >= 0.6 is 0 Å². The van der Waals surface area contributed by atoms with Gasteiger partial charge in [-0.25, -0.2) is 15.0 Å². The molecule has 0 unspecified atom stereocenters. The summed E-state index contributed by atoms with van der Waals surface area (Å²) >= 11 is 0. The van der Waals surface area contributed by atoms with Gasteiger partial charge < -0.3 is 4.90 Å². The Labute approximate surface area is 567 Å². The van der Waals surface area contributed by atoms with E-state index in [1.165, 1.54) is 0 Å². The molecule has 0 bridgehead atoms. The molecule has 15 aromatic rings. The highest BCUT2D eigenvalue weighted by Gasteiger charge is 2.16. The van der Waals surface area contributed by atoms with Gasteiger partial charge in [0.1, 0.15) is 0 Å². The lowest BCUT2D eigenvalue weighted by molar-refractivity contribution is 1.28. The van der Waals surface area contributed by atoms with E-state index in [1.54, 1.807) is 0 Å². The SMILES string of the molecule is C(#Cc1ccc(N(c2ccc(C#Cc3ccc(-c4cc(-c5ccccc5)nc(-c5ccccc5)c4)cc3)cc2)c2ccc(C#Cc3ccc(-c4cc(-c5ccccc5)nc(-c5ccccc5)c4)cc3)cc2)cc1)c1ccc(-c2cc(-c3ccccc3)nc(-c3ccccc3)c2)cc1. The van der Waals surface area contributed by atoms with Crippen LogP contribution in [0.4, 0.5) is 17.1 Å². The van der Waals surface area contributed by atoms with Crippen molar-refractivity contribution in [1.82, 2.24) is 15.0 Å². The van der Waals surface area contributed by atoms with E-state index < -0.39 is 0 Å². The maximum Gasteiger partial charge on any atom is 0.0715 e. The molecule has 4 heteroatoms. The highest BCUT2D eigenvalue weighted by molar-refractivity contribution is 5.82. The van der Waals surface area contributed by atoms with Gasteiger partial charge in [-0.3, -0.25) is 0 Å². The summed E-state index contributed by atoms with van der Waals surface area (Å²) in [5, 5.41) is 0. The van der Waals surface area contributed by atoms with Crippen molar-refractivity contribution in [2.24, 2.45) is 0 Å². The fraction of sp³-hybridized carbons (Fsp3) is 0. The van der Waals surface area contributed by atoms with Crippen LogP contribution in [0.1, 0.15) is 33.4 Å². The lowest BCUT2D eigenvalue weighted by atomic mass is 9.99. The molecule has 0 atom stereocenters. The molecule has 0 aliphatic carbocycles. The first-order chi connectivity index (χ1) is 48.0. The molecule has 12 aromatic carbocycles. The third-order valence-corrected chi connectivity index (χ3v) is 17.0. The molecule has 0 spiro atoms. The van der Waals surface area contributed by atoms with Gasteiger partial charge >= 0.3 is 0 Å². The van der Waals surface area contributed by atoms with Gasteiger partial charge in [-0.05, 0) is 179 Å². The maximum absolute atomic E-state index is 5.08. The molecule has 0 N–H and O–H groups in total. The third-order valence-electron chi connectivity index (χ3n) is 17.0. The quantitative estimate of drug-likeness (QED) is 0.114. The highest BCUT2D eigenvalue weighted by atomic mass is 15.1. The van der Waals surface area contributed by atoms with Gasteiger partial charge in [-0.1, -0.05) is 254 Å². The predicted octanol–water partition coefficient (Wildman–Crippen LogP) is 22.5. The Morgan fingerprint density at radius 2 is 0.320 bits per heavy atom. The monoisotopic (exact) mass is 1230 g/mol. The number of hydrogen-bond donors (Lipinski definition) is 0. The van der Waals surface area contributed by atoms with Crippen molar-refractivity contribution < 1.29 is 0 Å². The topological polar surface area (TPSA) is 41.9 Å². The van der Waals surface area contributed by atoms with Gasteiger partial charge in [0.05, 0.1) is 34.2 Å². The normalized spacial score (nSPS) is 10.6. The van der Waals surface area contributed by atoms with Crippen LogP contribution < -0.4 is 4.90 Å². The minimum absolute atomic E-state index is 0.906. The number of benzene rings is 12. The van der Waals surface area contributed by atoms with E-state index >= 15 is 0 Å². The van der Waals surface area contributed by atoms with Gasteiger partial charge in [-0.15, -0.1) is 0 Å². The Kier molecular flexibility index (Phi) is 17.4. The number of aromatic nitrogens is 3. The number of pyridine rings is 3. The van der Waals surface area contributed by atoms with E-state index in [0.29, 0.717) is 0 Å². The Morgan fingerprint density at radius 3 is 0.495 bits per heavy atom. The van der Waals surface area contributed by atoms with E-state index in [9.17, 15) is 0 Å². The summed E-state index contributed by atoms with van der Waals surface area (Å²) in [6.45, 7) is 0. The molecule has 0 amide bonds. The van der Waals surface area contributed by atoms with Gasteiger partial charge in [0.25, 0.3) is 0 Å². The first kappa shape index (κ1) is 59.8. The Morgan fingerprint density at radius 1 is 0.155 bits per heavy atom. The zero-order valence-electron chi connectivity index (χ0n) is 52.9. The highest BCUT2D eigenvalue weighted by Crippen LogP contribution is 2.37. The second kappa shape index (κ2) is 28.2. The molecule has 3 aromatic heterocycles. The standard InChI is InChI=1S/C93H60N4/c1-7-19-76(20-8-1)88-61-82(62-89(94-88)77-21-9-2-10-22-77)73-49-37-67(38-50-73)31-34-70-43-55-85(56-44-70)97(86-57-45-71(46-58-86)35-32-68-39-51-74(52-40-68)83-63-90(78-23-11-3-12-24-78)95-91(64-83)79-25-13-4-14-26-79)87-59-47-72(48-60-87)36-33-69-41-53-75(54-42-69)84-65-92(80-27-15-5-16-28-80)96-93(66-84)81-29-17-6-18-30-81/h1-30,37-66H. The molecule has 0 radical (unpaired) electrons. The third kappa shape index (κ3) is 14.3. The van der Waals surface area contributed by atoms with Crippen LogP contribution in [0.5, 0.6) is 0 Å². The zero-order valence-corrected chi connectivity index (χ0v) is 52.9. The molecular weight excluding hydrogens is 1170 g/mol. The van der Waals surface area contributed by atoms with E-state index in [4.69, 9.17) is 15.0 Å². The second-order valence-corrected chi connectivity index (χ2v) is 23.5. The van der Waals surface area contributed by atoms with Crippen LogP contribution in [0.15, 0.2) is 364 Å². The fourth-order valence-corrected chi connectivity index (χ4v) is 11.8. The Hall–Kier alpha value is -13.4. The van der Waals surface area contributed by atoms with Crippen molar-refractivity contribution in [2.75, 3.05) is 4.90 Å². The van der Waals surface area contributed by atoms with Gasteiger partial charge in [-0.2, -0.15) is 0 Å². The molecular formula is C93H60N4. The van der Waals surface area contributed by atoms with Crippen LogP contribution in [0.3, 0.4) is 0 Å². The van der Waals surface area contributed by atoms with E-state index in [-0.39, 0.29) is 0 Å². The summed E-state index contributed by atoms with van der Waals surface area (Å²) in [5.74, 6) is 20.6. The van der Waals surface area contributed by atoms with Crippen LogP contribution in [-0.2, 0) is 0 Å². The Balaban J connectivity index is 0.692. The molecule has 0 aliphatic rings. The second-order valence-electron chi connectivity index (χ2n) is 23.5. The molecule has 452 valence electrons. The molecule has 0 saturated heterocycles. The maximum atomic E-state index is 5.08. The number of nitrogens with zero attached hydrogens (tertiary/aromatic N) is 4. The minimum Gasteiger partial charge on any atom is -0.311 e. The first-order valence-corrected chi connectivity index (χ1v) is 32.4. The van der Waals surface area contributed by atoms with E-state index in [2.05, 4.69) is 368 Å². The number of hydrogen-bond acceptors (Lipinski definition) is 4. The van der Waals surface area contributed by atoms with E-state index in [0.717, 1.165) is 151 Å². The average molecular weight is 1230 g/mol. The molecule has 0 fully saturated rings. The molecule has 0 aliphatic heterocycles. The fourth-order valence-electron chi connectivity index (χ4n) is 11.8. The summed E-state index contributed by atoms with van der Waals surface area (Å²) in [7, 11) is 0. The lowest BCUT2D eigenvalue weighted by Crippen LogP contribution is -2.09. The smallest absolute Gasteiger partial charge is 0.0715 e. The summed E-state index contributed by atoms with van der Waals surface area (Å²) in [6.07, 6.45) is 0. The molecule has 3 heterocycles. The summed E-state index contributed by atoms with van der Waals surface area (Å²) < 4.78 is 0. The van der Waals surface area contributed by atoms with Crippen molar-refractivity contribution in [1.29, 1.82) is 0 Å². The molecule has 15 rings (SSSR count). The predicted molar refractivity (Wildman–Crippen MR) is 401 cm³/mol. The number of anilines is 3. The molecule has 4 nitrogen and oxygen atoms in total. The van der Waals surface area contributed by atoms with E-state index in [1.807, 2.05) is 36.4 Å².